The highest BCUT2D eigenvalue weighted by Gasteiger charge is 2.06. The highest BCUT2D eigenvalue weighted by Crippen LogP contribution is 2.22. The summed E-state index contributed by atoms with van der Waals surface area (Å²) in [6.07, 6.45) is 5.61. The summed E-state index contributed by atoms with van der Waals surface area (Å²) in [6.45, 7) is 17.3. The lowest BCUT2D eigenvalue weighted by Crippen LogP contribution is -1.99. The molecule has 0 aliphatic rings. The van der Waals surface area contributed by atoms with Gasteiger partial charge in [0.15, 0.2) is 0 Å². The molecule has 0 saturated carbocycles. The lowest BCUT2D eigenvalue weighted by Gasteiger charge is -2.14. The zero-order valence-corrected chi connectivity index (χ0v) is 11.2. The van der Waals surface area contributed by atoms with Gasteiger partial charge in [-0.3, -0.25) is 0 Å². The smallest absolute Gasteiger partial charge is 0.0199 e. The summed E-state index contributed by atoms with van der Waals surface area (Å²) in [5.41, 5.74) is 4.03. The molecule has 0 saturated heterocycles. The van der Waals surface area contributed by atoms with Crippen molar-refractivity contribution in [1.29, 1.82) is 0 Å². The quantitative estimate of drug-likeness (QED) is 0.546. The topological polar surface area (TPSA) is 0 Å². The molecule has 0 aromatic rings. The molecule has 0 aliphatic heterocycles. The molecule has 0 aromatic heterocycles. The molecule has 1 atom stereocenters. The molecule has 0 heteroatoms. The van der Waals surface area contributed by atoms with Gasteiger partial charge in [0.2, 0.25) is 0 Å². The van der Waals surface area contributed by atoms with Crippen LogP contribution in [0.2, 0.25) is 0 Å². The monoisotopic (exact) mass is 206 g/mol. The normalized spacial score (nSPS) is 15.7. The molecule has 0 radical (unpaired) electrons. The van der Waals surface area contributed by atoms with Gasteiger partial charge in [0.1, 0.15) is 0 Å². The summed E-state index contributed by atoms with van der Waals surface area (Å²) in [5.74, 6) is 1.18. The average molecular weight is 206 g/mol. The molecule has 15 heavy (non-hydrogen) atoms. The molecule has 0 rings (SSSR count). The summed E-state index contributed by atoms with van der Waals surface area (Å²) in [5, 5.41) is 0. The number of hydrogen-bond acceptors (Lipinski definition) is 0. The summed E-state index contributed by atoms with van der Waals surface area (Å²) >= 11 is 0. The molecule has 0 nitrogen and oxygen atoms in total. The van der Waals surface area contributed by atoms with Gasteiger partial charge in [-0.2, -0.15) is 0 Å². The van der Waals surface area contributed by atoms with Gasteiger partial charge < -0.3 is 0 Å². The van der Waals surface area contributed by atoms with E-state index in [1.807, 2.05) is 0 Å². The first-order chi connectivity index (χ1) is 6.93. The third-order valence-corrected chi connectivity index (χ3v) is 3.04. The molecular weight excluding hydrogens is 180 g/mol. The lowest BCUT2D eigenvalue weighted by molar-refractivity contribution is 0.671. The summed E-state index contributed by atoms with van der Waals surface area (Å²) < 4.78 is 0. The van der Waals surface area contributed by atoms with Gasteiger partial charge >= 0.3 is 0 Å². The van der Waals surface area contributed by atoms with Gasteiger partial charge in [-0.05, 0) is 43.3 Å². The molecule has 0 amide bonds. The second kappa shape index (κ2) is 6.66. The SMILES string of the molecule is C=C(/C=C(C)\C(=C/C)C(C)C)C(C)CC. The van der Waals surface area contributed by atoms with E-state index in [9.17, 15) is 0 Å². The van der Waals surface area contributed by atoms with Crippen LogP contribution in [0, 0.1) is 11.8 Å². The highest BCUT2D eigenvalue weighted by molar-refractivity contribution is 5.36. The Hall–Kier alpha value is -0.780. The Bertz CT molecular complexity index is 264. The van der Waals surface area contributed by atoms with Crippen LogP contribution in [-0.2, 0) is 0 Å². The van der Waals surface area contributed by atoms with Crippen LogP contribution in [0.15, 0.2) is 35.5 Å². The van der Waals surface area contributed by atoms with E-state index in [0.29, 0.717) is 11.8 Å². The van der Waals surface area contributed by atoms with Gasteiger partial charge in [-0.1, -0.05) is 52.0 Å². The Morgan fingerprint density at radius 2 is 1.80 bits per heavy atom. The van der Waals surface area contributed by atoms with Gasteiger partial charge in [0, 0.05) is 0 Å². The number of hydrogen-bond donors (Lipinski definition) is 0. The number of rotatable bonds is 5. The predicted octanol–water partition coefficient (Wildman–Crippen LogP) is 5.14. The summed E-state index contributed by atoms with van der Waals surface area (Å²) in [6, 6.07) is 0. The second-order valence-corrected chi connectivity index (χ2v) is 4.61. The van der Waals surface area contributed by atoms with Crippen molar-refractivity contribution in [2.24, 2.45) is 11.8 Å². The maximum Gasteiger partial charge on any atom is -0.0199 e. The maximum atomic E-state index is 4.14. The fourth-order valence-electron chi connectivity index (χ4n) is 1.78. The van der Waals surface area contributed by atoms with E-state index >= 15 is 0 Å². The Labute approximate surface area is 95.8 Å². The lowest BCUT2D eigenvalue weighted by atomic mass is 9.91. The van der Waals surface area contributed by atoms with Crippen molar-refractivity contribution in [2.45, 2.75) is 48.0 Å². The van der Waals surface area contributed by atoms with Gasteiger partial charge in [-0.25, -0.2) is 0 Å². The molecule has 86 valence electrons. The van der Waals surface area contributed by atoms with E-state index in [1.165, 1.54) is 16.7 Å². The molecule has 0 heterocycles. The summed E-state index contributed by atoms with van der Waals surface area (Å²) in [4.78, 5) is 0. The first-order valence-corrected chi connectivity index (χ1v) is 5.97. The van der Waals surface area contributed by atoms with E-state index < -0.39 is 0 Å². The van der Waals surface area contributed by atoms with Crippen molar-refractivity contribution in [3.8, 4) is 0 Å². The van der Waals surface area contributed by atoms with Gasteiger partial charge in [-0.15, -0.1) is 0 Å². The molecule has 0 aliphatic carbocycles. The molecule has 1 unspecified atom stereocenters. The minimum absolute atomic E-state index is 0.588. The van der Waals surface area contributed by atoms with E-state index in [4.69, 9.17) is 0 Å². The molecule has 0 N–H and O–H groups in total. The average Bonchev–Trinajstić information content (AvgIpc) is 2.16. The third kappa shape index (κ3) is 4.51. The van der Waals surface area contributed by atoms with Crippen LogP contribution in [0.3, 0.4) is 0 Å². The fraction of sp³-hybridized carbons (Fsp3) is 0.600. The zero-order valence-electron chi connectivity index (χ0n) is 11.2. The first-order valence-electron chi connectivity index (χ1n) is 5.97. The zero-order chi connectivity index (χ0) is 12.0. The number of allylic oxidation sites excluding steroid dienone is 5. The van der Waals surface area contributed by atoms with Crippen molar-refractivity contribution in [2.75, 3.05) is 0 Å². The van der Waals surface area contributed by atoms with Crippen molar-refractivity contribution in [3.05, 3.63) is 35.5 Å². The van der Waals surface area contributed by atoms with E-state index in [-0.39, 0.29) is 0 Å². The van der Waals surface area contributed by atoms with E-state index in [2.05, 4.69) is 60.3 Å². The minimum Gasteiger partial charge on any atom is -0.0956 e. The van der Waals surface area contributed by atoms with Crippen molar-refractivity contribution in [3.63, 3.8) is 0 Å². The van der Waals surface area contributed by atoms with Crippen molar-refractivity contribution < 1.29 is 0 Å². The molecule has 0 bridgehead atoms. The van der Waals surface area contributed by atoms with Crippen LogP contribution in [0.5, 0.6) is 0 Å². The molecule has 0 spiro atoms. The molecular formula is C15H26. The first kappa shape index (κ1) is 14.2. The molecule has 0 fully saturated rings. The predicted molar refractivity (Wildman–Crippen MR) is 70.9 cm³/mol. The highest BCUT2D eigenvalue weighted by atomic mass is 14.1. The van der Waals surface area contributed by atoms with Crippen molar-refractivity contribution >= 4 is 0 Å². The third-order valence-electron chi connectivity index (χ3n) is 3.04. The van der Waals surface area contributed by atoms with E-state index in [0.717, 1.165) is 6.42 Å². The van der Waals surface area contributed by atoms with E-state index in [1.54, 1.807) is 0 Å². The van der Waals surface area contributed by atoms with Crippen LogP contribution in [0.1, 0.15) is 48.0 Å². The van der Waals surface area contributed by atoms with Crippen LogP contribution in [0.4, 0.5) is 0 Å². The Balaban J connectivity index is 4.76. The van der Waals surface area contributed by atoms with Crippen molar-refractivity contribution in [1.82, 2.24) is 0 Å². The largest absolute Gasteiger partial charge is 0.0956 e. The molecule has 0 aromatic carbocycles. The Morgan fingerprint density at radius 3 is 2.13 bits per heavy atom. The minimum atomic E-state index is 0.588. The Kier molecular flexibility index (Phi) is 6.31. The van der Waals surface area contributed by atoms with Gasteiger partial charge in [0.05, 0.1) is 0 Å². The Morgan fingerprint density at radius 1 is 1.27 bits per heavy atom. The van der Waals surface area contributed by atoms with Crippen LogP contribution < -0.4 is 0 Å². The fourth-order valence-corrected chi connectivity index (χ4v) is 1.78. The maximum absolute atomic E-state index is 4.14. The van der Waals surface area contributed by atoms with Crippen LogP contribution in [-0.4, -0.2) is 0 Å². The standard InChI is InChI=1S/C15H26/c1-8-12(5)13(6)10-14(7)15(9-2)11(3)4/h9-12H,6,8H2,1-5,7H3/b14-10-,15-9-. The summed E-state index contributed by atoms with van der Waals surface area (Å²) in [7, 11) is 0. The second-order valence-electron chi connectivity index (χ2n) is 4.61. The van der Waals surface area contributed by atoms with Crippen LogP contribution in [0.25, 0.3) is 0 Å². The van der Waals surface area contributed by atoms with Crippen LogP contribution >= 0.6 is 0 Å². The van der Waals surface area contributed by atoms with Gasteiger partial charge in [0.25, 0.3) is 0 Å².